The molecule has 3 heteroatoms. The van der Waals surface area contributed by atoms with Gasteiger partial charge >= 0.3 is 0 Å². The van der Waals surface area contributed by atoms with E-state index in [1.165, 1.54) is 11.1 Å². The number of hydrogen-bond donors (Lipinski definition) is 1. The van der Waals surface area contributed by atoms with E-state index in [1.807, 2.05) is 0 Å². The van der Waals surface area contributed by atoms with Crippen molar-refractivity contribution in [3.05, 3.63) is 35.4 Å². The van der Waals surface area contributed by atoms with Crippen LogP contribution < -0.4 is 5.32 Å². The fraction of sp³-hybridized carbons (Fsp3) is 0.647. The molecule has 1 rings (SSSR count). The monoisotopic (exact) mass is 279 g/mol. The number of hydrogen-bond acceptors (Lipinski definition) is 3. The fourth-order valence-corrected chi connectivity index (χ4v) is 2.14. The number of nitrogens with one attached hydrogen (secondary N) is 1. The molecule has 0 aliphatic carbocycles. The number of rotatable bonds is 10. The molecule has 20 heavy (non-hydrogen) atoms. The predicted octanol–water partition coefficient (Wildman–Crippen LogP) is 3.51. The van der Waals surface area contributed by atoms with Gasteiger partial charge < -0.3 is 14.8 Å². The highest BCUT2D eigenvalue weighted by Gasteiger charge is 2.10. The molecule has 0 fully saturated rings. The van der Waals surface area contributed by atoms with Gasteiger partial charge in [-0.1, -0.05) is 45.0 Å². The van der Waals surface area contributed by atoms with Crippen LogP contribution in [0.2, 0.25) is 0 Å². The SMILES string of the molecule is CCNC(COCCCOC)c1ccc(C(C)C)cc1. The van der Waals surface area contributed by atoms with E-state index in [2.05, 4.69) is 50.4 Å². The summed E-state index contributed by atoms with van der Waals surface area (Å²) in [5.74, 6) is 0.576. The van der Waals surface area contributed by atoms with Gasteiger partial charge in [-0.2, -0.15) is 0 Å². The van der Waals surface area contributed by atoms with Gasteiger partial charge in [-0.05, 0) is 30.0 Å². The Bertz CT molecular complexity index is 349. The normalized spacial score (nSPS) is 12.8. The van der Waals surface area contributed by atoms with Crippen LogP contribution in [-0.2, 0) is 9.47 Å². The van der Waals surface area contributed by atoms with Gasteiger partial charge in [-0.25, -0.2) is 0 Å². The van der Waals surface area contributed by atoms with Gasteiger partial charge in [0.2, 0.25) is 0 Å². The Morgan fingerprint density at radius 2 is 1.70 bits per heavy atom. The maximum Gasteiger partial charge on any atom is 0.0661 e. The van der Waals surface area contributed by atoms with Crippen molar-refractivity contribution in [3.63, 3.8) is 0 Å². The summed E-state index contributed by atoms with van der Waals surface area (Å²) in [5.41, 5.74) is 2.67. The highest BCUT2D eigenvalue weighted by Crippen LogP contribution is 2.19. The molecule has 3 nitrogen and oxygen atoms in total. The lowest BCUT2D eigenvalue weighted by Gasteiger charge is -2.19. The van der Waals surface area contributed by atoms with Crippen LogP contribution in [0.1, 0.15) is 50.3 Å². The Labute approximate surface area is 123 Å². The van der Waals surface area contributed by atoms with Crippen LogP contribution in [-0.4, -0.2) is 33.5 Å². The van der Waals surface area contributed by atoms with Crippen LogP contribution in [0, 0.1) is 0 Å². The molecule has 0 radical (unpaired) electrons. The predicted molar refractivity (Wildman–Crippen MR) is 84.3 cm³/mol. The van der Waals surface area contributed by atoms with Crippen LogP contribution in [0.5, 0.6) is 0 Å². The van der Waals surface area contributed by atoms with Crippen LogP contribution >= 0.6 is 0 Å². The van der Waals surface area contributed by atoms with Crippen LogP contribution in [0.25, 0.3) is 0 Å². The minimum absolute atomic E-state index is 0.267. The summed E-state index contributed by atoms with van der Waals surface area (Å²) in [6.45, 7) is 9.72. The molecule has 0 heterocycles. The maximum atomic E-state index is 5.74. The van der Waals surface area contributed by atoms with Gasteiger partial charge in [0.15, 0.2) is 0 Å². The molecule has 114 valence electrons. The van der Waals surface area contributed by atoms with Crippen molar-refractivity contribution < 1.29 is 9.47 Å². The van der Waals surface area contributed by atoms with Gasteiger partial charge in [0, 0.05) is 20.3 Å². The Balaban J connectivity index is 2.51. The summed E-state index contributed by atoms with van der Waals surface area (Å²) in [4.78, 5) is 0. The summed E-state index contributed by atoms with van der Waals surface area (Å²) in [7, 11) is 1.72. The molecular weight excluding hydrogens is 250 g/mol. The van der Waals surface area contributed by atoms with E-state index in [4.69, 9.17) is 9.47 Å². The van der Waals surface area contributed by atoms with Gasteiger partial charge in [-0.3, -0.25) is 0 Å². The van der Waals surface area contributed by atoms with Crippen molar-refractivity contribution in [2.75, 3.05) is 33.5 Å². The smallest absolute Gasteiger partial charge is 0.0661 e. The lowest BCUT2D eigenvalue weighted by atomic mass is 9.99. The first-order valence-corrected chi connectivity index (χ1v) is 7.59. The number of benzene rings is 1. The number of ether oxygens (including phenoxy) is 2. The van der Waals surface area contributed by atoms with E-state index >= 15 is 0 Å². The molecule has 0 bridgehead atoms. The van der Waals surface area contributed by atoms with Crippen molar-refractivity contribution in [2.24, 2.45) is 0 Å². The first-order chi connectivity index (χ1) is 9.69. The largest absolute Gasteiger partial charge is 0.385 e. The van der Waals surface area contributed by atoms with Crippen LogP contribution in [0.3, 0.4) is 0 Å². The molecule has 1 aromatic rings. The van der Waals surface area contributed by atoms with Crippen molar-refractivity contribution >= 4 is 0 Å². The second kappa shape index (κ2) is 9.92. The van der Waals surface area contributed by atoms with Crippen LogP contribution in [0.4, 0.5) is 0 Å². The number of likely N-dealkylation sites (N-methyl/N-ethyl adjacent to an activating group) is 1. The topological polar surface area (TPSA) is 30.5 Å². The molecule has 1 atom stereocenters. The molecule has 0 aliphatic rings. The lowest BCUT2D eigenvalue weighted by Crippen LogP contribution is -2.25. The zero-order chi connectivity index (χ0) is 14.8. The molecule has 0 saturated heterocycles. The van der Waals surface area contributed by atoms with E-state index in [1.54, 1.807) is 7.11 Å². The van der Waals surface area contributed by atoms with Crippen molar-refractivity contribution in [1.29, 1.82) is 0 Å². The molecule has 1 aromatic carbocycles. The Morgan fingerprint density at radius 1 is 1.05 bits per heavy atom. The first kappa shape index (κ1) is 17.2. The molecular formula is C17H29NO2. The van der Waals surface area contributed by atoms with Gasteiger partial charge in [-0.15, -0.1) is 0 Å². The molecule has 0 amide bonds. The lowest BCUT2D eigenvalue weighted by molar-refractivity contribution is 0.0878. The third-order valence-electron chi connectivity index (χ3n) is 3.38. The summed E-state index contributed by atoms with van der Waals surface area (Å²) in [6.07, 6.45) is 0.946. The summed E-state index contributed by atoms with van der Waals surface area (Å²) in [5, 5.41) is 3.48. The van der Waals surface area contributed by atoms with E-state index in [9.17, 15) is 0 Å². The van der Waals surface area contributed by atoms with E-state index in [0.717, 1.165) is 26.2 Å². The third kappa shape index (κ3) is 6.04. The average molecular weight is 279 g/mol. The minimum atomic E-state index is 0.267. The van der Waals surface area contributed by atoms with Crippen molar-refractivity contribution in [3.8, 4) is 0 Å². The fourth-order valence-electron chi connectivity index (χ4n) is 2.14. The average Bonchev–Trinajstić information content (AvgIpc) is 2.46. The summed E-state index contributed by atoms with van der Waals surface area (Å²) >= 11 is 0. The van der Waals surface area contributed by atoms with Gasteiger partial charge in [0.05, 0.1) is 12.6 Å². The summed E-state index contributed by atoms with van der Waals surface area (Å²) < 4.78 is 10.8. The molecule has 0 aliphatic heterocycles. The molecule has 1 unspecified atom stereocenters. The Morgan fingerprint density at radius 3 is 2.25 bits per heavy atom. The van der Waals surface area contributed by atoms with Gasteiger partial charge in [0.1, 0.15) is 0 Å². The van der Waals surface area contributed by atoms with Crippen molar-refractivity contribution in [2.45, 2.75) is 39.2 Å². The summed E-state index contributed by atoms with van der Waals surface area (Å²) in [6, 6.07) is 9.12. The highest BCUT2D eigenvalue weighted by molar-refractivity contribution is 5.27. The van der Waals surface area contributed by atoms with Gasteiger partial charge in [0.25, 0.3) is 0 Å². The van der Waals surface area contributed by atoms with Crippen LogP contribution in [0.15, 0.2) is 24.3 Å². The highest BCUT2D eigenvalue weighted by atomic mass is 16.5. The first-order valence-electron chi connectivity index (χ1n) is 7.59. The molecule has 0 saturated carbocycles. The molecule has 0 spiro atoms. The Kier molecular flexibility index (Phi) is 8.51. The zero-order valence-corrected chi connectivity index (χ0v) is 13.3. The second-order valence-electron chi connectivity index (χ2n) is 5.35. The second-order valence-corrected chi connectivity index (χ2v) is 5.35. The molecule has 1 N–H and O–H groups in total. The van der Waals surface area contributed by atoms with E-state index in [0.29, 0.717) is 12.5 Å². The minimum Gasteiger partial charge on any atom is -0.385 e. The third-order valence-corrected chi connectivity index (χ3v) is 3.38. The van der Waals surface area contributed by atoms with E-state index in [-0.39, 0.29) is 6.04 Å². The zero-order valence-electron chi connectivity index (χ0n) is 13.3. The standard InChI is InChI=1S/C17H29NO2/c1-5-18-17(13-20-12-6-11-19-4)16-9-7-15(8-10-16)14(2)3/h7-10,14,17-18H,5-6,11-13H2,1-4H3. The van der Waals surface area contributed by atoms with Crippen molar-refractivity contribution in [1.82, 2.24) is 5.32 Å². The Hall–Kier alpha value is -0.900. The number of methoxy groups -OCH3 is 1. The van der Waals surface area contributed by atoms with E-state index < -0.39 is 0 Å². The molecule has 0 aromatic heterocycles. The quantitative estimate of drug-likeness (QED) is 0.665. The maximum absolute atomic E-state index is 5.74.